The van der Waals surface area contributed by atoms with Crippen molar-refractivity contribution >= 4 is 27.2 Å². The van der Waals surface area contributed by atoms with E-state index in [-0.39, 0.29) is 0 Å². The van der Waals surface area contributed by atoms with Crippen molar-refractivity contribution in [3.8, 4) is 0 Å². The van der Waals surface area contributed by atoms with E-state index in [1.165, 1.54) is 21.5 Å². The van der Waals surface area contributed by atoms with Crippen LogP contribution in [0.15, 0.2) is 23.2 Å². The molecule has 0 aromatic carbocycles. The minimum absolute atomic E-state index is 0.598. The van der Waals surface area contributed by atoms with E-state index in [4.69, 9.17) is 4.42 Å². The van der Waals surface area contributed by atoms with Crippen molar-refractivity contribution in [1.29, 1.82) is 0 Å². The molecule has 5 nitrogen and oxygen atoms in total. The van der Waals surface area contributed by atoms with E-state index in [9.17, 15) is 0 Å². The molecule has 0 saturated heterocycles. The second kappa shape index (κ2) is 5.58. The van der Waals surface area contributed by atoms with Crippen LogP contribution in [0.1, 0.15) is 29.5 Å². The lowest BCUT2D eigenvalue weighted by Crippen LogP contribution is -1.99. The van der Waals surface area contributed by atoms with Crippen LogP contribution in [0.5, 0.6) is 0 Å². The quantitative estimate of drug-likeness (QED) is 0.777. The van der Waals surface area contributed by atoms with Gasteiger partial charge in [-0.3, -0.25) is 0 Å². The summed E-state index contributed by atoms with van der Waals surface area (Å²) in [5, 5.41) is 11.7. The fourth-order valence-corrected chi connectivity index (χ4v) is 3.49. The maximum Gasteiger partial charge on any atom is 0.180 e. The second-order valence-electron chi connectivity index (χ2n) is 4.66. The van der Waals surface area contributed by atoms with Gasteiger partial charge < -0.3 is 9.73 Å². The molecule has 0 spiro atoms. The number of anilines is 1. The third kappa shape index (κ3) is 2.38. The van der Waals surface area contributed by atoms with E-state index in [1.807, 2.05) is 0 Å². The Kier molecular flexibility index (Phi) is 3.64. The van der Waals surface area contributed by atoms with E-state index < -0.39 is 0 Å². The first-order valence-electron chi connectivity index (χ1n) is 6.64. The molecule has 1 N–H and O–H groups in total. The van der Waals surface area contributed by atoms with Gasteiger partial charge in [-0.15, -0.1) is 16.4 Å². The number of nitrogens with zero attached hydrogens (tertiary/aromatic N) is 3. The Balaban J connectivity index is 1.92. The first-order valence-corrected chi connectivity index (χ1v) is 7.46. The van der Waals surface area contributed by atoms with Crippen molar-refractivity contribution in [2.75, 3.05) is 5.32 Å². The molecule has 104 valence electrons. The lowest BCUT2D eigenvalue weighted by molar-refractivity contribution is 0.512. The first-order chi connectivity index (χ1) is 9.79. The number of rotatable bonds is 5. The van der Waals surface area contributed by atoms with Gasteiger partial charge in [0.15, 0.2) is 6.39 Å². The zero-order valence-corrected chi connectivity index (χ0v) is 12.3. The van der Waals surface area contributed by atoms with E-state index >= 15 is 0 Å². The van der Waals surface area contributed by atoms with Crippen LogP contribution in [0.25, 0.3) is 10.2 Å². The van der Waals surface area contributed by atoms with E-state index in [1.54, 1.807) is 23.7 Å². The molecule has 3 heterocycles. The monoisotopic (exact) mass is 288 g/mol. The zero-order chi connectivity index (χ0) is 13.9. The number of nitrogens with one attached hydrogen (secondary N) is 1. The van der Waals surface area contributed by atoms with Crippen LogP contribution >= 0.6 is 11.3 Å². The smallest absolute Gasteiger partial charge is 0.180 e. The molecule has 0 fully saturated rings. The largest absolute Gasteiger partial charge is 0.447 e. The predicted octanol–water partition coefficient (Wildman–Crippen LogP) is 3.55. The number of aromatic nitrogens is 3. The average Bonchev–Trinajstić information content (AvgIpc) is 3.07. The van der Waals surface area contributed by atoms with Crippen LogP contribution < -0.4 is 5.32 Å². The molecule has 0 unspecified atom stereocenters. The minimum atomic E-state index is 0.598. The van der Waals surface area contributed by atoms with Crippen molar-refractivity contribution in [3.05, 3.63) is 35.0 Å². The summed E-state index contributed by atoms with van der Waals surface area (Å²) >= 11 is 1.80. The molecule has 0 saturated carbocycles. The number of thiophene rings is 1. The number of oxazole rings is 1. The highest BCUT2D eigenvalue weighted by atomic mass is 32.1. The topological polar surface area (TPSA) is 63.8 Å². The lowest BCUT2D eigenvalue weighted by Gasteiger charge is -2.03. The summed E-state index contributed by atoms with van der Waals surface area (Å²) in [7, 11) is 0. The van der Waals surface area contributed by atoms with Crippen LogP contribution in [0, 0.1) is 6.92 Å². The molecule has 6 heteroatoms. The molecule has 3 aromatic rings. The maximum atomic E-state index is 5.23. The van der Waals surface area contributed by atoms with Gasteiger partial charge in [-0.1, -0.05) is 13.3 Å². The highest BCUT2D eigenvalue weighted by Crippen LogP contribution is 2.34. The summed E-state index contributed by atoms with van der Waals surface area (Å²) in [5.74, 6) is 0.803. The van der Waals surface area contributed by atoms with Crippen LogP contribution in [0.2, 0.25) is 0 Å². The van der Waals surface area contributed by atoms with E-state index in [0.717, 1.165) is 29.8 Å². The Hall–Kier alpha value is -1.95. The molecular weight excluding hydrogens is 272 g/mol. The van der Waals surface area contributed by atoms with Gasteiger partial charge in [0.25, 0.3) is 0 Å². The standard InChI is InChI=1S/C14H16N4OS/c1-3-4-12-9(2)13-14(20-12)11(7-17-18-13)16-6-10-5-15-8-19-10/h5,7-8H,3-4,6H2,1-2H3,(H,16,18). The summed E-state index contributed by atoms with van der Waals surface area (Å²) < 4.78 is 6.40. The fraction of sp³-hybridized carbons (Fsp3) is 0.357. The molecule has 0 aliphatic heterocycles. The molecule has 0 aliphatic rings. The van der Waals surface area contributed by atoms with Crippen LogP contribution in [0.3, 0.4) is 0 Å². The fourth-order valence-electron chi connectivity index (χ4n) is 2.16. The van der Waals surface area contributed by atoms with Crippen LogP contribution in [-0.2, 0) is 13.0 Å². The number of hydrogen-bond donors (Lipinski definition) is 1. The summed E-state index contributed by atoms with van der Waals surface area (Å²) in [6.45, 7) is 4.91. The molecule has 20 heavy (non-hydrogen) atoms. The van der Waals surface area contributed by atoms with Crippen LogP contribution in [-0.4, -0.2) is 15.2 Å². The SMILES string of the molecule is CCCc1sc2c(NCc3cnco3)cnnc2c1C. The van der Waals surface area contributed by atoms with Crippen molar-refractivity contribution in [1.82, 2.24) is 15.2 Å². The van der Waals surface area contributed by atoms with Gasteiger partial charge in [-0.05, 0) is 18.9 Å². The van der Waals surface area contributed by atoms with Crippen molar-refractivity contribution in [2.24, 2.45) is 0 Å². The van der Waals surface area contributed by atoms with Crippen molar-refractivity contribution < 1.29 is 4.42 Å². The number of fused-ring (bicyclic) bond motifs is 1. The number of aryl methyl sites for hydroxylation is 2. The predicted molar refractivity (Wildman–Crippen MR) is 80.0 cm³/mol. The summed E-state index contributed by atoms with van der Waals surface area (Å²) in [6, 6.07) is 0. The Bertz CT molecular complexity index is 705. The number of hydrogen-bond acceptors (Lipinski definition) is 6. The van der Waals surface area contributed by atoms with Crippen molar-refractivity contribution in [3.63, 3.8) is 0 Å². The normalized spacial score (nSPS) is 11.1. The third-order valence-corrected chi connectivity index (χ3v) is 4.59. The highest BCUT2D eigenvalue weighted by molar-refractivity contribution is 7.19. The zero-order valence-electron chi connectivity index (χ0n) is 11.5. The summed E-state index contributed by atoms with van der Waals surface area (Å²) in [5.41, 5.74) is 3.26. The minimum Gasteiger partial charge on any atom is -0.447 e. The second-order valence-corrected chi connectivity index (χ2v) is 5.76. The van der Waals surface area contributed by atoms with Gasteiger partial charge in [0.05, 0.1) is 29.3 Å². The molecular formula is C14H16N4OS. The molecule has 0 radical (unpaired) electrons. The van der Waals surface area contributed by atoms with Gasteiger partial charge >= 0.3 is 0 Å². The van der Waals surface area contributed by atoms with Crippen LogP contribution in [0.4, 0.5) is 5.69 Å². The average molecular weight is 288 g/mol. The molecule has 0 aliphatic carbocycles. The molecule has 0 atom stereocenters. The third-order valence-electron chi connectivity index (χ3n) is 3.22. The summed E-state index contributed by atoms with van der Waals surface area (Å²) in [4.78, 5) is 5.30. The maximum absolute atomic E-state index is 5.23. The Labute approximate surface area is 121 Å². The van der Waals surface area contributed by atoms with Gasteiger partial charge in [-0.2, -0.15) is 5.10 Å². The van der Waals surface area contributed by atoms with Gasteiger partial charge in [-0.25, -0.2) is 4.98 Å². The van der Waals surface area contributed by atoms with E-state index in [2.05, 4.69) is 34.3 Å². The molecule has 3 aromatic heterocycles. The molecule has 0 amide bonds. The van der Waals surface area contributed by atoms with E-state index in [0.29, 0.717) is 6.54 Å². The molecule has 0 bridgehead atoms. The van der Waals surface area contributed by atoms with Gasteiger partial charge in [0.1, 0.15) is 11.3 Å². The first kappa shape index (κ1) is 13.1. The summed E-state index contributed by atoms with van der Waals surface area (Å²) in [6.07, 6.45) is 7.15. The van der Waals surface area contributed by atoms with Gasteiger partial charge in [0, 0.05) is 4.88 Å². The van der Waals surface area contributed by atoms with Crippen molar-refractivity contribution in [2.45, 2.75) is 33.2 Å². The molecule has 3 rings (SSSR count). The highest BCUT2D eigenvalue weighted by Gasteiger charge is 2.13. The lowest BCUT2D eigenvalue weighted by atomic mass is 10.2. The van der Waals surface area contributed by atoms with Gasteiger partial charge in [0.2, 0.25) is 0 Å². The Morgan fingerprint density at radius 3 is 3.00 bits per heavy atom. The Morgan fingerprint density at radius 1 is 1.35 bits per heavy atom. The Morgan fingerprint density at radius 2 is 2.25 bits per heavy atom.